The smallest absolute Gasteiger partial charge is 0.388 e. The van der Waals surface area contributed by atoms with Crippen LogP contribution in [0.5, 0.6) is 29.3 Å². The molecule has 4 aromatic rings. The van der Waals surface area contributed by atoms with Gasteiger partial charge in [0.1, 0.15) is 5.60 Å². The maximum Gasteiger partial charge on any atom is 0.388 e. The molecule has 1 N–H and O–H groups in total. The summed E-state index contributed by atoms with van der Waals surface area (Å²) in [5.41, 5.74) is 0.00719. The highest BCUT2D eigenvalue weighted by Crippen LogP contribution is 2.51. The van der Waals surface area contributed by atoms with Crippen molar-refractivity contribution < 1.29 is 37.6 Å². The summed E-state index contributed by atoms with van der Waals surface area (Å²) in [6.07, 6.45) is 1.64. The molecule has 1 aromatic carbocycles. The molecule has 43 heavy (non-hydrogen) atoms. The van der Waals surface area contributed by atoms with Crippen molar-refractivity contribution in [1.82, 2.24) is 19.9 Å². The lowest BCUT2D eigenvalue weighted by Gasteiger charge is -2.39. The van der Waals surface area contributed by atoms with Gasteiger partial charge < -0.3 is 33.7 Å². The number of alkyl halides is 2. The zero-order chi connectivity index (χ0) is 31.3. The van der Waals surface area contributed by atoms with E-state index in [4.69, 9.17) is 23.9 Å². The van der Waals surface area contributed by atoms with Crippen molar-refractivity contribution in [2.75, 3.05) is 49.1 Å². The molecule has 0 fully saturated rings. The lowest BCUT2D eigenvalue weighted by Crippen LogP contribution is -2.38. The van der Waals surface area contributed by atoms with Crippen LogP contribution in [0.15, 0.2) is 53.1 Å². The van der Waals surface area contributed by atoms with Crippen molar-refractivity contribution >= 4 is 26.8 Å². The van der Waals surface area contributed by atoms with Crippen molar-refractivity contribution in [2.24, 2.45) is 0 Å². The first-order chi connectivity index (χ1) is 20.5. The number of fused-ring (bicyclic) bond motifs is 1. The number of pyridine rings is 3. The number of aliphatic hydroxyl groups is 1. The van der Waals surface area contributed by atoms with E-state index in [9.17, 15) is 13.9 Å². The predicted molar refractivity (Wildman–Crippen MR) is 160 cm³/mol. The quantitative estimate of drug-likeness (QED) is 0.200. The zero-order valence-corrected chi connectivity index (χ0v) is 26.2. The largest absolute Gasteiger partial charge is 0.491 e. The third kappa shape index (κ3) is 6.89. The molecular formula is C30H33BrF2N4O6. The topological polar surface area (TPSA) is 108 Å². The number of ether oxygens (including phenoxy) is 5. The second-order valence-corrected chi connectivity index (χ2v) is 10.8. The summed E-state index contributed by atoms with van der Waals surface area (Å²) in [5.74, 6) is -0.730. The maximum absolute atomic E-state index is 13.4. The predicted octanol–water partition coefficient (Wildman–Crippen LogP) is 5.39. The van der Waals surface area contributed by atoms with Crippen LogP contribution in [0.3, 0.4) is 0 Å². The Balaban J connectivity index is 2.14. The minimum atomic E-state index is -3.15. The first-order valence-corrected chi connectivity index (χ1v) is 13.9. The van der Waals surface area contributed by atoms with E-state index in [0.29, 0.717) is 23.2 Å². The van der Waals surface area contributed by atoms with Crippen molar-refractivity contribution in [2.45, 2.75) is 24.6 Å². The summed E-state index contributed by atoms with van der Waals surface area (Å²) >= 11 is 3.52. The number of halogens is 3. The molecule has 2 unspecified atom stereocenters. The SMILES string of the molecule is COc1cc(C(O)(CCN(C)C)C(c2cc3cc(Br)ccc3nc2OC)c2ccnc(OC)c2OC)cc(OC(F)F)n1. The van der Waals surface area contributed by atoms with E-state index in [0.717, 1.165) is 9.86 Å². The van der Waals surface area contributed by atoms with E-state index in [2.05, 4.69) is 30.6 Å². The Morgan fingerprint density at radius 3 is 2.23 bits per heavy atom. The molecule has 0 spiro atoms. The van der Waals surface area contributed by atoms with E-state index < -0.39 is 24.0 Å². The Hall–Kier alpha value is -3.81. The molecule has 0 aliphatic rings. The highest BCUT2D eigenvalue weighted by Gasteiger charge is 2.45. The number of hydrogen-bond donors (Lipinski definition) is 1. The van der Waals surface area contributed by atoms with Crippen LogP contribution in [0.2, 0.25) is 0 Å². The Kier molecular flexibility index (Phi) is 10.2. The Labute approximate surface area is 256 Å². The third-order valence-electron chi connectivity index (χ3n) is 7.00. The fraction of sp³-hybridized carbons (Fsp3) is 0.367. The second-order valence-electron chi connectivity index (χ2n) is 9.89. The summed E-state index contributed by atoms with van der Waals surface area (Å²) in [5, 5.41) is 13.8. The molecular weight excluding hydrogens is 630 g/mol. The van der Waals surface area contributed by atoms with E-state index >= 15 is 0 Å². The molecule has 2 atom stereocenters. The number of aromatic nitrogens is 3. The Bertz CT molecular complexity index is 1580. The monoisotopic (exact) mass is 662 g/mol. The van der Waals surface area contributed by atoms with Crippen LogP contribution in [-0.4, -0.2) is 80.6 Å². The van der Waals surface area contributed by atoms with E-state index in [1.807, 2.05) is 43.3 Å². The van der Waals surface area contributed by atoms with Crippen LogP contribution >= 0.6 is 15.9 Å². The van der Waals surface area contributed by atoms with E-state index in [-0.39, 0.29) is 35.4 Å². The molecule has 0 saturated carbocycles. The number of hydrogen-bond acceptors (Lipinski definition) is 10. The van der Waals surface area contributed by atoms with Gasteiger partial charge in [-0.25, -0.2) is 9.97 Å². The van der Waals surface area contributed by atoms with Crippen LogP contribution in [0, 0.1) is 0 Å². The molecule has 3 heterocycles. The molecule has 0 aliphatic heterocycles. The standard InChI is InChI=1S/C30H33BrF2N4O6/c1-37(2)12-10-30(38,18-15-23(39-3)36-24(16-18)43-29(32)33)25(20-9-11-34-28(42-6)26(20)40-4)21-14-17-13-19(31)7-8-22(17)35-27(21)41-5/h7-9,11,13-16,25,29,38H,10,12H2,1-6H3. The van der Waals surface area contributed by atoms with Gasteiger partial charge in [-0.3, -0.25) is 0 Å². The summed E-state index contributed by atoms with van der Waals surface area (Å²) < 4.78 is 54.6. The lowest BCUT2D eigenvalue weighted by atomic mass is 9.71. The van der Waals surface area contributed by atoms with E-state index in [1.165, 1.54) is 46.8 Å². The molecule has 3 aromatic heterocycles. The molecule has 4 rings (SSSR count). The normalized spacial score (nSPS) is 13.6. The van der Waals surface area contributed by atoms with Crippen molar-refractivity contribution in [3.8, 4) is 29.3 Å². The minimum Gasteiger partial charge on any atom is -0.491 e. The van der Waals surface area contributed by atoms with Crippen LogP contribution < -0.4 is 23.7 Å². The van der Waals surface area contributed by atoms with E-state index in [1.54, 1.807) is 6.07 Å². The zero-order valence-electron chi connectivity index (χ0n) is 24.6. The number of rotatable bonds is 13. The molecule has 0 saturated heterocycles. The van der Waals surface area contributed by atoms with Gasteiger partial charge in [0.25, 0.3) is 5.88 Å². The lowest BCUT2D eigenvalue weighted by molar-refractivity contribution is -0.0538. The van der Waals surface area contributed by atoms with Crippen LogP contribution in [-0.2, 0) is 5.60 Å². The molecule has 0 amide bonds. The van der Waals surface area contributed by atoms with Crippen molar-refractivity contribution in [3.05, 3.63) is 69.8 Å². The van der Waals surface area contributed by atoms with Gasteiger partial charge in [-0.1, -0.05) is 15.9 Å². The van der Waals surface area contributed by atoms with Crippen LogP contribution in [0.1, 0.15) is 29.0 Å². The molecule has 230 valence electrons. The third-order valence-corrected chi connectivity index (χ3v) is 7.49. The van der Waals surface area contributed by atoms with Gasteiger partial charge in [0.05, 0.1) is 39.9 Å². The summed E-state index contributed by atoms with van der Waals surface area (Å²) in [6.45, 7) is -2.76. The molecule has 13 heteroatoms. The van der Waals surface area contributed by atoms with Gasteiger partial charge in [0, 0.05) is 45.9 Å². The van der Waals surface area contributed by atoms with Gasteiger partial charge >= 0.3 is 6.61 Å². The highest BCUT2D eigenvalue weighted by molar-refractivity contribution is 9.10. The average molecular weight is 664 g/mol. The van der Waals surface area contributed by atoms with Gasteiger partial charge in [-0.05, 0) is 56.4 Å². The minimum absolute atomic E-state index is 0.0259. The van der Waals surface area contributed by atoms with Crippen molar-refractivity contribution in [3.63, 3.8) is 0 Å². The molecule has 0 aliphatic carbocycles. The fourth-order valence-electron chi connectivity index (χ4n) is 5.06. The Morgan fingerprint density at radius 2 is 1.60 bits per heavy atom. The van der Waals surface area contributed by atoms with Gasteiger partial charge in [0.2, 0.25) is 17.6 Å². The van der Waals surface area contributed by atoms with Crippen molar-refractivity contribution in [1.29, 1.82) is 0 Å². The number of benzene rings is 1. The molecule has 0 bridgehead atoms. The first-order valence-electron chi connectivity index (χ1n) is 13.1. The summed E-state index contributed by atoms with van der Waals surface area (Å²) in [4.78, 5) is 15.0. The highest BCUT2D eigenvalue weighted by atomic mass is 79.9. The summed E-state index contributed by atoms with van der Waals surface area (Å²) in [6, 6.07) is 11.9. The molecule has 0 radical (unpaired) electrons. The average Bonchev–Trinajstić information content (AvgIpc) is 2.98. The maximum atomic E-state index is 13.4. The first kappa shape index (κ1) is 32.1. The van der Waals surface area contributed by atoms with Crippen LogP contribution in [0.25, 0.3) is 10.9 Å². The van der Waals surface area contributed by atoms with Gasteiger partial charge in [0.15, 0.2) is 5.75 Å². The van der Waals surface area contributed by atoms with Gasteiger partial charge in [-0.15, -0.1) is 0 Å². The fourth-order valence-corrected chi connectivity index (χ4v) is 5.43. The number of methoxy groups -OCH3 is 4. The molecule has 10 nitrogen and oxygen atoms in total. The number of nitrogens with zero attached hydrogens (tertiary/aromatic N) is 4. The summed E-state index contributed by atoms with van der Waals surface area (Å²) in [7, 11) is 9.48. The second kappa shape index (κ2) is 13.7. The van der Waals surface area contributed by atoms with Gasteiger partial charge in [-0.2, -0.15) is 13.8 Å². The Morgan fingerprint density at radius 1 is 0.884 bits per heavy atom. The van der Waals surface area contributed by atoms with Crippen LogP contribution in [0.4, 0.5) is 8.78 Å².